The number of hydrogen-bond donors (Lipinski definition) is 1. The van der Waals surface area contributed by atoms with E-state index in [0.29, 0.717) is 6.61 Å². The first-order valence-corrected chi connectivity index (χ1v) is 10.9. The molecule has 0 spiro atoms. The second-order valence-electron chi connectivity index (χ2n) is 6.81. The van der Waals surface area contributed by atoms with Crippen LogP contribution in [-0.2, 0) is 4.79 Å². The number of amides is 1. The van der Waals surface area contributed by atoms with Crippen LogP contribution < -0.4 is 10.1 Å². The van der Waals surface area contributed by atoms with E-state index >= 15 is 0 Å². The Labute approximate surface area is 185 Å². The van der Waals surface area contributed by atoms with E-state index in [1.807, 2.05) is 73.7 Å². The van der Waals surface area contributed by atoms with Crippen LogP contribution in [0.2, 0.25) is 0 Å². The van der Waals surface area contributed by atoms with Gasteiger partial charge in [-0.05, 0) is 42.8 Å². The second-order valence-corrected chi connectivity index (χ2v) is 7.66. The van der Waals surface area contributed by atoms with Crippen molar-refractivity contribution < 1.29 is 9.53 Å². The summed E-state index contributed by atoms with van der Waals surface area (Å²) in [6, 6.07) is 25.5. The van der Waals surface area contributed by atoms with Crippen molar-refractivity contribution in [2.24, 2.45) is 0 Å². The zero-order valence-corrected chi connectivity index (χ0v) is 17.9. The molecule has 0 saturated carbocycles. The van der Waals surface area contributed by atoms with Gasteiger partial charge in [-0.2, -0.15) is 0 Å². The monoisotopic (exact) mass is 426 g/mol. The fourth-order valence-electron chi connectivity index (χ4n) is 3.04. The Bertz CT molecular complexity index is 1160. The highest BCUT2D eigenvalue weighted by atomic mass is 32.1. The molecule has 5 heteroatoms. The van der Waals surface area contributed by atoms with Crippen molar-refractivity contribution in [1.82, 2.24) is 4.98 Å². The average molecular weight is 427 g/mol. The van der Waals surface area contributed by atoms with Crippen LogP contribution in [0.5, 0.6) is 5.75 Å². The molecule has 0 fully saturated rings. The number of nitrogens with zero attached hydrogens (tertiary/aromatic N) is 1. The van der Waals surface area contributed by atoms with Crippen LogP contribution in [0.3, 0.4) is 0 Å². The number of benzene rings is 3. The van der Waals surface area contributed by atoms with E-state index in [1.54, 1.807) is 17.4 Å². The van der Waals surface area contributed by atoms with E-state index < -0.39 is 0 Å². The Kier molecular flexibility index (Phi) is 6.55. The van der Waals surface area contributed by atoms with Crippen LogP contribution in [0.15, 0.2) is 90.3 Å². The minimum atomic E-state index is -0.179. The minimum Gasteiger partial charge on any atom is -0.494 e. The van der Waals surface area contributed by atoms with Crippen LogP contribution in [0.4, 0.5) is 5.69 Å². The van der Waals surface area contributed by atoms with E-state index in [1.165, 1.54) is 6.08 Å². The molecule has 31 heavy (non-hydrogen) atoms. The Balaban J connectivity index is 1.37. The SMILES string of the molecule is CCOc1ccc(/C=C/C(=O)Nc2ccc(-c3csc(-c4ccccc4)n3)cc2)cc1. The molecule has 0 aliphatic carbocycles. The molecule has 3 aromatic carbocycles. The first-order chi connectivity index (χ1) is 15.2. The molecule has 0 aliphatic rings. The van der Waals surface area contributed by atoms with Gasteiger partial charge < -0.3 is 10.1 Å². The molecule has 0 atom stereocenters. The summed E-state index contributed by atoms with van der Waals surface area (Å²) in [6.45, 7) is 2.58. The highest BCUT2D eigenvalue weighted by Gasteiger charge is 2.07. The predicted octanol–water partition coefficient (Wildman–Crippen LogP) is 6.53. The summed E-state index contributed by atoms with van der Waals surface area (Å²) < 4.78 is 5.42. The molecular weight excluding hydrogens is 404 g/mol. The number of rotatable bonds is 7. The van der Waals surface area contributed by atoms with Crippen LogP contribution in [-0.4, -0.2) is 17.5 Å². The largest absolute Gasteiger partial charge is 0.494 e. The highest BCUT2D eigenvalue weighted by molar-refractivity contribution is 7.13. The molecule has 0 bridgehead atoms. The van der Waals surface area contributed by atoms with Crippen molar-refractivity contribution >= 4 is 29.0 Å². The first kappa shape index (κ1) is 20.6. The second kappa shape index (κ2) is 9.87. The standard InChI is InChI=1S/C26H22N2O2S/c1-2-30-23-15-8-19(9-16-23)10-17-25(29)27-22-13-11-20(12-14-22)24-18-31-26(28-24)21-6-4-3-5-7-21/h3-18H,2H2,1H3,(H,27,29)/b17-10+. The molecule has 1 N–H and O–H groups in total. The smallest absolute Gasteiger partial charge is 0.248 e. The molecule has 0 radical (unpaired) electrons. The first-order valence-electron chi connectivity index (χ1n) is 10.0. The van der Waals surface area contributed by atoms with E-state index in [9.17, 15) is 4.79 Å². The van der Waals surface area contributed by atoms with Crippen LogP contribution in [0.1, 0.15) is 12.5 Å². The van der Waals surface area contributed by atoms with Crippen LogP contribution in [0.25, 0.3) is 27.9 Å². The summed E-state index contributed by atoms with van der Waals surface area (Å²) in [5, 5.41) is 5.93. The molecule has 4 nitrogen and oxygen atoms in total. The minimum absolute atomic E-state index is 0.179. The van der Waals surface area contributed by atoms with Crippen molar-refractivity contribution in [1.29, 1.82) is 0 Å². The molecule has 0 aliphatic heterocycles. The van der Waals surface area contributed by atoms with E-state index in [0.717, 1.165) is 38.8 Å². The third-order valence-corrected chi connectivity index (χ3v) is 5.48. The summed E-state index contributed by atoms with van der Waals surface area (Å²) in [4.78, 5) is 17.0. The molecule has 0 unspecified atom stereocenters. The van der Waals surface area contributed by atoms with E-state index in [2.05, 4.69) is 22.8 Å². The normalized spacial score (nSPS) is 10.9. The van der Waals surface area contributed by atoms with Crippen LogP contribution in [0, 0.1) is 0 Å². The maximum Gasteiger partial charge on any atom is 0.248 e. The Morgan fingerprint density at radius 1 is 0.968 bits per heavy atom. The molecule has 0 saturated heterocycles. The summed E-state index contributed by atoms with van der Waals surface area (Å²) in [5.41, 5.74) is 4.73. The summed E-state index contributed by atoms with van der Waals surface area (Å²) >= 11 is 1.62. The van der Waals surface area contributed by atoms with Crippen molar-refractivity contribution in [2.75, 3.05) is 11.9 Å². The molecule has 4 aromatic rings. The number of aromatic nitrogens is 1. The molecule has 1 heterocycles. The van der Waals surface area contributed by atoms with Crippen LogP contribution >= 0.6 is 11.3 Å². The lowest BCUT2D eigenvalue weighted by Crippen LogP contribution is -2.07. The van der Waals surface area contributed by atoms with Gasteiger partial charge >= 0.3 is 0 Å². The van der Waals surface area contributed by atoms with Gasteiger partial charge in [-0.15, -0.1) is 11.3 Å². The molecule has 1 amide bonds. The topological polar surface area (TPSA) is 51.2 Å². The van der Waals surface area contributed by atoms with Gasteiger partial charge in [-0.1, -0.05) is 54.6 Å². The zero-order valence-electron chi connectivity index (χ0n) is 17.1. The number of carbonyl (C=O) groups is 1. The number of hydrogen-bond acceptors (Lipinski definition) is 4. The third-order valence-electron chi connectivity index (χ3n) is 4.59. The number of carbonyl (C=O) groups excluding carboxylic acids is 1. The maximum absolute atomic E-state index is 12.2. The van der Waals surface area contributed by atoms with Gasteiger partial charge in [0, 0.05) is 28.3 Å². The lowest BCUT2D eigenvalue weighted by Gasteiger charge is -2.04. The highest BCUT2D eigenvalue weighted by Crippen LogP contribution is 2.29. The van der Waals surface area contributed by atoms with Crippen molar-refractivity contribution in [2.45, 2.75) is 6.92 Å². The summed E-state index contributed by atoms with van der Waals surface area (Å²) in [6.07, 6.45) is 3.30. The van der Waals surface area contributed by atoms with Crippen molar-refractivity contribution in [3.05, 3.63) is 95.9 Å². The van der Waals surface area contributed by atoms with Gasteiger partial charge in [0.2, 0.25) is 5.91 Å². The Hall–Kier alpha value is -3.70. The molecular formula is C26H22N2O2S. The van der Waals surface area contributed by atoms with Gasteiger partial charge in [-0.25, -0.2) is 4.98 Å². The maximum atomic E-state index is 12.2. The third kappa shape index (κ3) is 5.47. The molecule has 1 aromatic heterocycles. The van der Waals surface area contributed by atoms with Gasteiger partial charge in [0.25, 0.3) is 0 Å². The fraction of sp³-hybridized carbons (Fsp3) is 0.0769. The van der Waals surface area contributed by atoms with E-state index in [4.69, 9.17) is 9.72 Å². The quantitative estimate of drug-likeness (QED) is 0.342. The van der Waals surface area contributed by atoms with Crippen molar-refractivity contribution in [3.8, 4) is 27.6 Å². The summed E-state index contributed by atoms with van der Waals surface area (Å²) in [5.74, 6) is 0.641. The Morgan fingerprint density at radius 2 is 1.71 bits per heavy atom. The number of anilines is 1. The van der Waals surface area contributed by atoms with Gasteiger partial charge in [0.1, 0.15) is 10.8 Å². The predicted molar refractivity (Wildman–Crippen MR) is 128 cm³/mol. The fourth-order valence-corrected chi connectivity index (χ4v) is 3.88. The number of nitrogens with one attached hydrogen (secondary N) is 1. The zero-order chi connectivity index (χ0) is 21.5. The lowest BCUT2D eigenvalue weighted by molar-refractivity contribution is -0.111. The van der Waals surface area contributed by atoms with Gasteiger partial charge in [0.05, 0.1) is 12.3 Å². The van der Waals surface area contributed by atoms with Gasteiger partial charge in [0.15, 0.2) is 0 Å². The van der Waals surface area contributed by atoms with Crippen molar-refractivity contribution in [3.63, 3.8) is 0 Å². The lowest BCUT2D eigenvalue weighted by atomic mass is 10.1. The molecule has 154 valence electrons. The van der Waals surface area contributed by atoms with Gasteiger partial charge in [-0.3, -0.25) is 4.79 Å². The number of ether oxygens (including phenoxy) is 1. The van der Waals surface area contributed by atoms with E-state index in [-0.39, 0.29) is 5.91 Å². The summed E-state index contributed by atoms with van der Waals surface area (Å²) in [7, 11) is 0. The number of thiazole rings is 1. The molecule has 4 rings (SSSR count). The Morgan fingerprint density at radius 3 is 2.42 bits per heavy atom. The average Bonchev–Trinajstić information content (AvgIpc) is 3.30.